The van der Waals surface area contributed by atoms with Crippen LogP contribution in [0.25, 0.3) is 5.69 Å². The first kappa shape index (κ1) is 13.3. The van der Waals surface area contributed by atoms with Crippen LogP contribution >= 0.6 is 0 Å². The van der Waals surface area contributed by atoms with Gasteiger partial charge in [-0.25, -0.2) is 13.9 Å². The lowest BCUT2D eigenvalue weighted by molar-refractivity contribution is 0.0695. The summed E-state index contributed by atoms with van der Waals surface area (Å²) < 4.78 is 14.5. The molecule has 0 saturated heterocycles. The number of aromatic nitrogens is 2. The van der Waals surface area contributed by atoms with E-state index in [1.807, 2.05) is 13.8 Å². The lowest BCUT2D eigenvalue weighted by Gasteiger charge is -2.13. The molecule has 4 nitrogen and oxygen atoms in total. The van der Waals surface area contributed by atoms with Gasteiger partial charge in [-0.15, -0.1) is 0 Å². The Balaban J connectivity index is 2.57. The molecule has 0 aliphatic rings. The molecule has 0 bridgehead atoms. The zero-order valence-electron chi connectivity index (χ0n) is 10.8. The molecule has 19 heavy (non-hydrogen) atoms. The molecule has 0 fully saturated rings. The summed E-state index contributed by atoms with van der Waals surface area (Å²) in [5.41, 5.74) is 1.49. The van der Waals surface area contributed by atoms with E-state index >= 15 is 0 Å². The van der Waals surface area contributed by atoms with Crippen LogP contribution in [0.1, 0.15) is 42.2 Å². The largest absolute Gasteiger partial charge is 0.478 e. The smallest absolute Gasteiger partial charge is 0.339 e. The van der Waals surface area contributed by atoms with Crippen LogP contribution in [0.3, 0.4) is 0 Å². The molecule has 0 aliphatic carbocycles. The third-order valence-corrected chi connectivity index (χ3v) is 3.19. The van der Waals surface area contributed by atoms with Gasteiger partial charge in [0.1, 0.15) is 11.4 Å². The van der Waals surface area contributed by atoms with Crippen LogP contribution in [-0.2, 0) is 0 Å². The molecular formula is C14H15FN2O2. The van der Waals surface area contributed by atoms with Crippen LogP contribution in [0.15, 0.2) is 30.5 Å². The number of nitrogens with zero attached hydrogens (tertiary/aromatic N) is 2. The van der Waals surface area contributed by atoms with E-state index in [4.69, 9.17) is 0 Å². The lowest BCUT2D eigenvalue weighted by atomic mass is 10.0. The van der Waals surface area contributed by atoms with Gasteiger partial charge < -0.3 is 5.11 Å². The molecule has 0 aliphatic heterocycles. The van der Waals surface area contributed by atoms with Crippen LogP contribution in [-0.4, -0.2) is 20.9 Å². The standard InChI is InChI=1S/C14H15FN2O2/c1-3-9(2)13-12(14(18)19)8-16-17(13)11-6-4-10(15)5-7-11/h4-9H,3H2,1-2H3,(H,18,19). The van der Waals surface area contributed by atoms with E-state index in [1.54, 1.807) is 16.8 Å². The topological polar surface area (TPSA) is 55.1 Å². The number of carboxylic acids is 1. The maximum Gasteiger partial charge on any atom is 0.339 e. The zero-order chi connectivity index (χ0) is 14.0. The highest BCUT2D eigenvalue weighted by molar-refractivity contribution is 5.89. The normalized spacial score (nSPS) is 12.4. The molecule has 1 N–H and O–H groups in total. The quantitative estimate of drug-likeness (QED) is 0.920. The Bertz CT molecular complexity index is 590. The molecule has 1 heterocycles. The SMILES string of the molecule is CCC(C)c1c(C(=O)O)cnn1-c1ccc(F)cc1. The van der Waals surface area contributed by atoms with E-state index in [9.17, 15) is 14.3 Å². The fraction of sp³-hybridized carbons (Fsp3) is 0.286. The molecule has 2 aromatic rings. The summed E-state index contributed by atoms with van der Waals surface area (Å²) >= 11 is 0. The molecule has 2 rings (SSSR count). The van der Waals surface area contributed by atoms with Crippen molar-refractivity contribution in [2.24, 2.45) is 0 Å². The van der Waals surface area contributed by atoms with Crippen LogP contribution in [0.2, 0.25) is 0 Å². The van der Waals surface area contributed by atoms with Crippen molar-refractivity contribution in [2.45, 2.75) is 26.2 Å². The van der Waals surface area contributed by atoms with Crippen molar-refractivity contribution >= 4 is 5.97 Å². The van der Waals surface area contributed by atoms with Crippen molar-refractivity contribution < 1.29 is 14.3 Å². The minimum Gasteiger partial charge on any atom is -0.478 e. The van der Waals surface area contributed by atoms with Crippen LogP contribution in [0.4, 0.5) is 4.39 Å². The summed E-state index contributed by atoms with van der Waals surface area (Å²) in [4.78, 5) is 11.2. The fourth-order valence-electron chi connectivity index (χ4n) is 1.98. The van der Waals surface area contributed by atoms with Gasteiger partial charge in [0.05, 0.1) is 17.6 Å². The van der Waals surface area contributed by atoms with Crippen molar-refractivity contribution in [3.05, 3.63) is 47.5 Å². The summed E-state index contributed by atoms with van der Waals surface area (Å²) in [5.74, 6) is -1.28. The van der Waals surface area contributed by atoms with Gasteiger partial charge in [0, 0.05) is 0 Å². The molecule has 1 aromatic heterocycles. The second kappa shape index (κ2) is 5.22. The summed E-state index contributed by atoms with van der Waals surface area (Å²) in [6, 6.07) is 5.83. The molecule has 0 radical (unpaired) electrons. The molecule has 1 unspecified atom stereocenters. The third-order valence-electron chi connectivity index (χ3n) is 3.19. The number of carbonyl (C=O) groups is 1. The Morgan fingerprint density at radius 3 is 2.58 bits per heavy atom. The Labute approximate surface area is 110 Å². The summed E-state index contributed by atoms with van der Waals surface area (Å²) in [7, 11) is 0. The minimum atomic E-state index is -0.997. The van der Waals surface area contributed by atoms with E-state index in [0.29, 0.717) is 11.4 Å². The molecule has 0 amide bonds. The van der Waals surface area contributed by atoms with Gasteiger partial charge >= 0.3 is 5.97 Å². The van der Waals surface area contributed by atoms with Crippen molar-refractivity contribution in [3.8, 4) is 5.69 Å². The first-order valence-corrected chi connectivity index (χ1v) is 6.11. The van der Waals surface area contributed by atoms with Gasteiger partial charge in [-0.3, -0.25) is 0 Å². The van der Waals surface area contributed by atoms with Gasteiger partial charge in [0.15, 0.2) is 0 Å². The highest BCUT2D eigenvalue weighted by Crippen LogP contribution is 2.25. The number of aromatic carboxylic acids is 1. The first-order valence-electron chi connectivity index (χ1n) is 6.11. The second-order valence-corrected chi connectivity index (χ2v) is 4.45. The highest BCUT2D eigenvalue weighted by atomic mass is 19.1. The predicted octanol–water partition coefficient (Wildman–Crippen LogP) is 3.22. The first-order chi connectivity index (χ1) is 9.04. The molecule has 1 atom stereocenters. The summed E-state index contributed by atoms with van der Waals surface area (Å²) in [5, 5.41) is 13.3. The Hall–Kier alpha value is -2.17. The van der Waals surface area contributed by atoms with Gasteiger partial charge in [0.25, 0.3) is 0 Å². The summed E-state index contributed by atoms with van der Waals surface area (Å²) in [6.07, 6.45) is 2.14. The van der Waals surface area contributed by atoms with Gasteiger partial charge in [0.2, 0.25) is 0 Å². The zero-order valence-corrected chi connectivity index (χ0v) is 10.8. The van der Waals surface area contributed by atoms with Crippen LogP contribution in [0, 0.1) is 5.82 Å². The van der Waals surface area contributed by atoms with Crippen molar-refractivity contribution in [1.82, 2.24) is 9.78 Å². The summed E-state index contributed by atoms with van der Waals surface area (Å²) in [6.45, 7) is 3.93. The molecule has 0 saturated carbocycles. The maximum atomic E-state index is 12.9. The van der Waals surface area contributed by atoms with E-state index in [0.717, 1.165) is 6.42 Å². The molecule has 1 aromatic carbocycles. The lowest BCUT2D eigenvalue weighted by Crippen LogP contribution is -2.09. The Morgan fingerprint density at radius 2 is 2.05 bits per heavy atom. The van der Waals surface area contributed by atoms with Crippen molar-refractivity contribution in [3.63, 3.8) is 0 Å². The van der Waals surface area contributed by atoms with Gasteiger partial charge in [-0.05, 0) is 36.6 Å². The fourth-order valence-corrected chi connectivity index (χ4v) is 1.98. The van der Waals surface area contributed by atoms with E-state index < -0.39 is 5.97 Å². The second-order valence-electron chi connectivity index (χ2n) is 4.45. The number of hydrogen-bond acceptors (Lipinski definition) is 2. The maximum absolute atomic E-state index is 12.9. The minimum absolute atomic E-state index is 0.0543. The number of rotatable bonds is 4. The van der Waals surface area contributed by atoms with Gasteiger partial charge in [-0.1, -0.05) is 13.8 Å². The van der Waals surface area contributed by atoms with Gasteiger partial charge in [-0.2, -0.15) is 5.10 Å². The monoisotopic (exact) mass is 262 g/mol. The van der Waals surface area contributed by atoms with E-state index in [1.165, 1.54) is 18.3 Å². The molecular weight excluding hydrogens is 247 g/mol. The predicted molar refractivity (Wildman–Crippen MR) is 69.2 cm³/mol. The molecule has 0 spiro atoms. The number of benzene rings is 1. The molecule has 100 valence electrons. The van der Waals surface area contributed by atoms with E-state index in [2.05, 4.69) is 5.10 Å². The van der Waals surface area contributed by atoms with Crippen molar-refractivity contribution in [2.75, 3.05) is 0 Å². The molecule has 5 heteroatoms. The highest BCUT2D eigenvalue weighted by Gasteiger charge is 2.21. The number of hydrogen-bond donors (Lipinski definition) is 1. The number of carboxylic acid groups (broad SMARTS) is 1. The van der Waals surface area contributed by atoms with E-state index in [-0.39, 0.29) is 17.3 Å². The number of halogens is 1. The van der Waals surface area contributed by atoms with Crippen molar-refractivity contribution in [1.29, 1.82) is 0 Å². The Morgan fingerprint density at radius 1 is 1.42 bits per heavy atom. The van der Waals surface area contributed by atoms with Crippen LogP contribution < -0.4 is 0 Å². The van der Waals surface area contributed by atoms with Crippen LogP contribution in [0.5, 0.6) is 0 Å². The average molecular weight is 262 g/mol. The Kier molecular flexibility index (Phi) is 3.64. The average Bonchev–Trinajstić information content (AvgIpc) is 2.83. The third kappa shape index (κ3) is 2.50.